The first-order chi connectivity index (χ1) is 8.97. The van der Waals surface area contributed by atoms with Gasteiger partial charge < -0.3 is 11.1 Å². The maximum Gasteiger partial charge on any atom is 0.224 e. The molecule has 3 heteroatoms. The number of nitrogens with one attached hydrogen (secondary N) is 1. The lowest BCUT2D eigenvalue weighted by Gasteiger charge is -2.20. The summed E-state index contributed by atoms with van der Waals surface area (Å²) in [6.07, 6.45) is 1.22. The van der Waals surface area contributed by atoms with E-state index in [4.69, 9.17) is 5.73 Å². The van der Waals surface area contributed by atoms with E-state index in [1.54, 1.807) is 0 Å². The van der Waals surface area contributed by atoms with Crippen molar-refractivity contribution in [1.29, 1.82) is 0 Å². The Morgan fingerprint density at radius 2 is 1.68 bits per heavy atom. The number of hydrogen-bond donors (Lipinski definition) is 2. The Labute approximate surface area is 116 Å². The summed E-state index contributed by atoms with van der Waals surface area (Å²) in [4.78, 5) is 12.0. The topological polar surface area (TPSA) is 55.1 Å². The molecule has 1 aromatic carbocycles. The summed E-state index contributed by atoms with van der Waals surface area (Å²) in [5.74, 6) is 0.840. The van der Waals surface area contributed by atoms with Gasteiger partial charge in [-0.25, -0.2) is 0 Å². The van der Waals surface area contributed by atoms with Crippen molar-refractivity contribution in [1.82, 2.24) is 0 Å². The first-order valence-electron chi connectivity index (χ1n) is 7.10. The number of carbonyl (C=O) groups is 1. The quantitative estimate of drug-likeness (QED) is 0.822. The van der Waals surface area contributed by atoms with Crippen molar-refractivity contribution in [3.63, 3.8) is 0 Å². The summed E-state index contributed by atoms with van der Waals surface area (Å²) >= 11 is 0. The van der Waals surface area contributed by atoms with Crippen LogP contribution in [0.5, 0.6) is 0 Å². The van der Waals surface area contributed by atoms with Crippen molar-refractivity contribution in [2.45, 2.75) is 52.4 Å². The lowest BCUT2D eigenvalue weighted by molar-refractivity contribution is -0.116. The maximum atomic E-state index is 12.0. The van der Waals surface area contributed by atoms with Gasteiger partial charge in [0.1, 0.15) is 0 Å². The molecule has 0 aliphatic rings. The van der Waals surface area contributed by atoms with Crippen molar-refractivity contribution in [3.05, 3.63) is 29.3 Å². The second kappa shape index (κ2) is 7.29. The number of benzene rings is 1. The second-order valence-corrected chi connectivity index (χ2v) is 5.56. The molecule has 106 valence electrons. The predicted octanol–water partition coefficient (Wildman–Crippen LogP) is 3.61. The number of para-hydroxylation sites is 1. The highest BCUT2D eigenvalue weighted by atomic mass is 16.1. The Bertz CT molecular complexity index is 399. The van der Waals surface area contributed by atoms with Crippen LogP contribution >= 0.6 is 0 Å². The van der Waals surface area contributed by atoms with E-state index in [0.29, 0.717) is 24.8 Å². The van der Waals surface area contributed by atoms with Crippen LogP contribution in [0.15, 0.2) is 18.2 Å². The molecule has 3 N–H and O–H groups in total. The number of carbonyl (C=O) groups excluding carboxylic acids is 1. The van der Waals surface area contributed by atoms with Gasteiger partial charge in [0, 0.05) is 12.1 Å². The Morgan fingerprint density at radius 3 is 2.11 bits per heavy atom. The summed E-state index contributed by atoms with van der Waals surface area (Å²) in [6, 6.07) is 6.25. The van der Waals surface area contributed by atoms with Crippen LogP contribution in [-0.2, 0) is 4.79 Å². The molecule has 19 heavy (non-hydrogen) atoms. The summed E-state index contributed by atoms with van der Waals surface area (Å²) < 4.78 is 0. The molecule has 0 saturated heterocycles. The third-order valence-electron chi connectivity index (χ3n) is 3.25. The fraction of sp³-hybridized carbons (Fsp3) is 0.562. The molecule has 0 saturated carbocycles. The fourth-order valence-corrected chi connectivity index (χ4v) is 2.16. The first kappa shape index (κ1) is 15.7. The van der Waals surface area contributed by atoms with Crippen molar-refractivity contribution < 1.29 is 4.79 Å². The van der Waals surface area contributed by atoms with E-state index in [9.17, 15) is 4.79 Å². The summed E-state index contributed by atoms with van der Waals surface area (Å²) in [7, 11) is 0. The van der Waals surface area contributed by atoms with Gasteiger partial charge in [0.05, 0.1) is 0 Å². The van der Waals surface area contributed by atoms with Crippen LogP contribution in [0, 0.1) is 0 Å². The summed E-state index contributed by atoms with van der Waals surface area (Å²) in [6.45, 7) is 9.14. The smallest absolute Gasteiger partial charge is 0.224 e. The van der Waals surface area contributed by atoms with Crippen LogP contribution in [-0.4, -0.2) is 12.5 Å². The van der Waals surface area contributed by atoms with Crippen molar-refractivity contribution >= 4 is 11.6 Å². The molecule has 0 aromatic heterocycles. The molecular weight excluding hydrogens is 236 g/mol. The van der Waals surface area contributed by atoms with Gasteiger partial charge in [-0.05, 0) is 35.9 Å². The van der Waals surface area contributed by atoms with E-state index >= 15 is 0 Å². The molecule has 0 radical (unpaired) electrons. The number of rotatable bonds is 6. The standard InChI is InChI=1S/C16H26N2O/c1-11(2)13-7-5-8-14(12(3)4)16(13)18-15(19)9-6-10-17/h5,7-8,11-12H,6,9-10,17H2,1-4H3,(H,18,19). The number of anilines is 1. The monoisotopic (exact) mass is 262 g/mol. The second-order valence-electron chi connectivity index (χ2n) is 5.56. The lowest BCUT2D eigenvalue weighted by atomic mass is 9.92. The molecule has 1 rings (SSSR count). The minimum absolute atomic E-state index is 0.0560. The number of nitrogens with two attached hydrogens (primary N) is 1. The van der Waals surface area contributed by atoms with Crippen molar-refractivity contribution in [2.24, 2.45) is 5.73 Å². The van der Waals surface area contributed by atoms with E-state index in [-0.39, 0.29) is 5.91 Å². The zero-order valence-electron chi connectivity index (χ0n) is 12.5. The molecule has 0 spiro atoms. The Balaban J connectivity index is 3.04. The highest BCUT2D eigenvalue weighted by molar-refractivity contribution is 5.92. The molecule has 1 aromatic rings. The third-order valence-corrected chi connectivity index (χ3v) is 3.25. The van der Waals surface area contributed by atoms with Gasteiger partial charge in [-0.3, -0.25) is 4.79 Å². The lowest BCUT2D eigenvalue weighted by Crippen LogP contribution is -2.16. The molecule has 1 amide bonds. The Morgan fingerprint density at radius 1 is 1.16 bits per heavy atom. The van der Waals surface area contributed by atoms with Gasteiger partial charge in [0.15, 0.2) is 0 Å². The average molecular weight is 262 g/mol. The molecule has 0 bridgehead atoms. The van der Waals surface area contributed by atoms with Crippen LogP contribution in [0.4, 0.5) is 5.69 Å². The predicted molar refractivity (Wildman–Crippen MR) is 81.5 cm³/mol. The molecule has 0 aliphatic carbocycles. The maximum absolute atomic E-state index is 12.0. The SMILES string of the molecule is CC(C)c1cccc(C(C)C)c1NC(=O)CCCN. The van der Waals surface area contributed by atoms with E-state index in [1.807, 2.05) is 0 Å². The number of amides is 1. The van der Waals surface area contributed by atoms with Crippen molar-refractivity contribution in [2.75, 3.05) is 11.9 Å². The molecular formula is C16H26N2O. The van der Waals surface area contributed by atoms with Gasteiger partial charge in [-0.15, -0.1) is 0 Å². The summed E-state index contributed by atoms with van der Waals surface area (Å²) in [5, 5.41) is 3.08. The zero-order valence-corrected chi connectivity index (χ0v) is 12.5. The largest absolute Gasteiger partial charge is 0.330 e. The van der Waals surface area contributed by atoms with Gasteiger partial charge in [0.2, 0.25) is 5.91 Å². The van der Waals surface area contributed by atoms with E-state index < -0.39 is 0 Å². The van der Waals surface area contributed by atoms with Crippen LogP contribution in [0.25, 0.3) is 0 Å². The molecule has 0 aliphatic heterocycles. The minimum Gasteiger partial charge on any atom is -0.330 e. The van der Waals surface area contributed by atoms with E-state index in [2.05, 4.69) is 51.2 Å². The van der Waals surface area contributed by atoms with E-state index in [1.165, 1.54) is 11.1 Å². The highest BCUT2D eigenvalue weighted by Gasteiger charge is 2.15. The van der Waals surface area contributed by atoms with Crippen LogP contribution in [0.2, 0.25) is 0 Å². The van der Waals surface area contributed by atoms with Gasteiger partial charge in [-0.2, -0.15) is 0 Å². The zero-order chi connectivity index (χ0) is 14.4. The Hall–Kier alpha value is -1.35. The molecule has 3 nitrogen and oxygen atoms in total. The highest BCUT2D eigenvalue weighted by Crippen LogP contribution is 2.32. The van der Waals surface area contributed by atoms with Crippen molar-refractivity contribution in [3.8, 4) is 0 Å². The van der Waals surface area contributed by atoms with Gasteiger partial charge >= 0.3 is 0 Å². The van der Waals surface area contributed by atoms with Gasteiger partial charge in [0.25, 0.3) is 0 Å². The molecule has 0 heterocycles. The normalized spacial score (nSPS) is 11.1. The third kappa shape index (κ3) is 4.35. The Kier molecular flexibility index (Phi) is 6.03. The fourth-order valence-electron chi connectivity index (χ4n) is 2.16. The molecule has 0 unspecified atom stereocenters. The molecule has 0 atom stereocenters. The van der Waals surface area contributed by atoms with E-state index in [0.717, 1.165) is 12.1 Å². The number of hydrogen-bond acceptors (Lipinski definition) is 2. The van der Waals surface area contributed by atoms with Gasteiger partial charge in [-0.1, -0.05) is 45.9 Å². The first-order valence-corrected chi connectivity index (χ1v) is 7.10. The molecule has 0 fully saturated rings. The minimum atomic E-state index is 0.0560. The average Bonchev–Trinajstić information content (AvgIpc) is 2.35. The van der Waals surface area contributed by atoms with Crippen LogP contribution in [0.3, 0.4) is 0 Å². The van der Waals surface area contributed by atoms with Crippen LogP contribution < -0.4 is 11.1 Å². The summed E-state index contributed by atoms with van der Waals surface area (Å²) in [5.41, 5.74) is 8.84. The van der Waals surface area contributed by atoms with Crippen LogP contribution in [0.1, 0.15) is 63.5 Å².